The quantitative estimate of drug-likeness (QED) is 0.471. The summed E-state index contributed by atoms with van der Waals surface area (Å²) < 4.78 is 43.4. The van der Waals surface area contributed by atoms with E-state index < -0.39 is 16.7 Å². The molecule has 0 spiro atoms. The van der Waals surface area contributed by atoms with E-state index in [-0.39, 0.29) is 0 Å². The van der Waals surface area contributed by atoms with Crippen LogP contribution in [-0.2, 0) is 0 Å². The first-order valence-corrected chi connectivity index (χ1v) is 2.74. The molecule has 0 aliphatic heterocycles. The molecule has 0 aliphatic carbocycles. The fourth-order valence-corrected chi connectivity index (χ4v) is 0.281. The third-order valence-electron chi connectivity index (χ3n) is 0.697. The monoisotopic (exact) mass is 196 g/mol. The maximum atomic E-state index is 11.9. The SMILES string of the molecule is [CH2]C(Cl)(Cl)C(F)(F)[C](F)F. The van der Waals surface area contributed by atoms with Crippen LogP contribution in [0.1, 0.15) is 0 Å². The van der Waals surface area contributed by atoms with Crippen LogP contribution in [0, 0.1) is 13.3 Å². The maximum absolute atomic E-state index is 11.9. The highest BCUT2D eigenvalue weighted by Gasteiger charge is 2.57. The van der Waals surface area contributed by atoms with Crippen molar-refractivity contribution >= 4 is 23.2 Å². The molecule has 0 amide bonds. The Hall–Kier alpha value is 0.300. The number of hydrogen-bond acceptors (Lipinski definition) is 0. The molecule has 0 heterocycles. The van der Waals surface area contributed by atoms with E-state index in [0.717, 1.165) is 0 Å². The zero-order chi connectivity index (χ0) is 8.58. The molecule has 0 saturated heterocycles. The van der Waals surface area contributed by atoms with Gasteiger partial charge < -0.3 is 0 Å². The summed E-state index contributed by atoms with van der Waals surface area (Å²) in [7, 11) is 0. The van der Waals surface area contributed by atoms with Crippen molar-refractivity contribution in [1.82, 2.24) is 0 Å². The van der Waals surface area contributed by atoms with E-state index in [1.54, 1.807) is 0 Å². The maximum Gasteiger partial charge on any atom is 0.381 e. The number of rotatable bonds is 2. The molecule has 0 aliphatic rings. The highest BCUT2D eigenvalue weighted by atomic mass is 35.5. The van der Waals surface area contributed by atoms with Crippen LogP contribution < -0.4 is 0 Å². The summed E-state index contributed by atoms with van der Waals surface area (Å²) in [5.74, 6) is -4.56. The predicted molar refractivity (Wildman–Crippen MR) is 30.2 cm³/mol. The highest BCUT2D eigenvalue weighted by Crippen LogP contribution is 2.45. The smallest absolute Gasteiger partial charge is 0.196 e. The van der Waals surface area contributed by atoms with Crippen LogP contribution in [0.3, 0.4) is 0 Å². The molecular weight excluding hydrogens is 195 g/mol. The largest absolute Gasteiger partial charge is 0.381 e. The van der Waals surface area contributed by atoms with Crippen molar-refractivity contribution in [2.45, 2.75) is 10.3 Å². The number of halogens is 6. The van der Waals surface area contributed by atoms with Gasteiger partial charge in [0.1, 0.15) is 0 Å². The fourth-order valence-electron chi connectivity index (χ4n) is 0.138. The van der Waals surface area contributed by atoms with E-state index in [4.69, 9.17) is 0 Å². The topological polar surface area (TPSA) is 0 Å². The van der Waals surface area contributed by atoms with Crippen LogP contribution in [0.4, 0.5) is 17.6 Å². The molecule has 0 saturated carbocycles. The fraction of sp³-hybridized carbons (Fsp3) is 0.500. The molecule has 0 N–H and O–H groups in total. The van der Waals surface area contributed by atoms with Gasteiger partial charge in [-0.25, -0.2) is 0 Å². The molecule has 0 fully saturated rings. The molecule has 0 unspecified atom stereocenters. The van der Waals surface area contributed by atoms with E-state index in [0.29, 0.717) is 0 Å². The summed E-state index contributed by atoms with van der Waals surface area (Å²) in [6, 6.07) is 0. The summed E-state index contributed by atoms with van der Waals surface area (Å²) in [5.41, 5.74) is 0. The first kappa shape index (κ1) is 10.3. The van der Waals surface area contributed by atoms with Gasteiger partial charge in [0.05, 0.1) is 0 Å². The molecule has 0 atom stereocenters. The van der Waals surface area contributed by atoms with Gasteiger partial charge in [-0.2, -0.15) is 17.6 Å². The van der Waals surface area contributed by atoms with Crippen molar-refractivity contribution < 1.29 is 17.6 Å². The van der Waals surface area contributed by atoms with Gasteiger partial charge in [-0.1, -0.05) is 23.2 Å². The minimum Gasteiger partial charge on any atom is -0.196 e. The van der Waals surface area contributed by atoms with Crippen molar-refractivity contribution in [2.75, 3.05) is 0 Å². The molecule has 0 bridgehead atoms. The van der Waals surface area contributed by atoms with Crippen LogP contribution in [0.5, 0.6) is 0 Å². The van der Waals surface area contributed by atoms with Crippen LogP contribution in [-0.4, -0.2) is 10.3 Å². The lowest BCUT2D eigenvalue weighted by atomic mass is 10.2. The lowest BCUT2D eigenvalue weighted by molar-refractivity contribution is -0.0631. The van der Waals surface area contributed by atoms with Gasteiger partial charge in [0, 0.05) is 0 Å². The predicted octanol–water partition coefficient (Wildman–Crippen LogP) is 3.06. The van der Waals surface area contributed by atoms with Gasteiger partial charge in [0.25, 0.3) is 0 Å². The Labute approximate surface area is 65.1 Å². The summed E-state index contributed by atoms with van der Waals surface area (Å²) in [6.07, 6.45) is -3.15. The zero-order valence-corrected chi connectivity index (χ0v) is 5.99. The van der Waals surface area contributed by atoms with E-state index in [1.807, 2.05) is 0 Å². The van der Waals surface area contributed by atoms with Gasteiger partial charge in [-0.15, -0.1) is 0 Å². The lowest BCUT2D eigenvalue weighted by Crippen LogP contribution is -2.38. The van der Waals surface area contributed by atoms with E-state index >= 15 is 0 Å². The van der Waals surface area contributed by atoms with Gasteiger partial charge >= 0.3 is 12.3 Å². The Morgan fingerprint density at radius 2 is 1.50 bits per heavy atom. The van der Waals surface area contributed by atoms with Crippen LogP contribution in [0.2, 0.25) is 0 Å². The third kappa shape index (κ3) is 1.89. The second kappa shape index (κ2) is 2.74. The first-order valence-electron chi connectivity index (χ1n) is 1.99. The van der Waals surface area contributed by atoms with Gasteiger partial charge in [0.2, 0.25) is 0 Å². The molecule has 0 rings (SSSR count). The average molecular weight is 197 g/mol. The molecular formula is C4H2Cl2F4. The minimum absolute atomic E-state index is 2.44. The molecule has 0 aromatic carbocycles. The Balaban J connectivity index is 4.40. The molecule has 0 nitrogen and oxygen atoms in total. The number of hydrogen-bond donors (Lipinski definition) is 0. The summed E-state index contributed by atoms with van der Waals surface area (Å²) in [6.45, 7) is 2.44. The molecule has 0 aromatic rings. The molecule has 0 aromatic heterocycles. The van der Waals surface area contributed by atoms with Crippen molar-refractivity contribution in [3.8, 4) is 0 Å². The second-order valence-corrected chi connectivity index (χ2v) is 3.02. The Kier molecular flexibility index (Phi) is 2.82. The van der Waals surface area contributed by atoms with E-state index in [9.17, 15) is 17.6 Å². The minimum atomic E-state index is -4.56. The van der Waals surface area contributed by atoms with Gasteiger partial charge in [-0.05, 0) is 6.92 Å². The summed E-state index contributed by atoms with van der Waals surface area (Å²) in [5, 5.41) is 0. The van der Waals surface area contributed by atoms with Crippen LogP contribution in [0.15, 0.2) is 0 Å². The normalized spacial score (nSPS) is 14.4. The van der Waals surface area contributed by atoms with Gasteiger partial charge in [0.15, 0.2) is 4.33 Å². The van der Waals surface area contributed by atoms with Gasteiger partial charge in [-0.3, -0.25) is 0 Å². The lowest BCUT2D eigenvalue weighted by Gasteiger charge is -2.23. The first-order chi connectivity index (χ1) is 4.19. The van der Waals surface area contributed by atoms with E-state index in [1.165, 1.54) is 0 Å². The molecule has 10 heavy (non-hydrogen) atoms. The standard InChI is InChI=1S/C4H2Cl2F4/c1-3(5,6)4(9,10)2(7)8/h1H2. The van der Waals surface area contributed by atoms with E-state index in [2.05, 4.69) is 30.1 Å². The van der Waals surface area contributed by atoms with Crippen molar-refractivity contribution in [3.63, 3.8) is 0 Å². The zero-order valence-electron chi connectivity index (χ0n) is 4.47. The van der Waals surface area contributed by atoms with Crippen molar-refractivity contribution in [1.29, 1.82) is 0 Å². The molecule has 6 heteroatoms. The Bertz CT molecular complexity index is 117. The number of alkyl halides is 4. The Morgan fingerprint density at radius 3 is 1.50 bits per heavy atom. The molecule has 60 valence electrons. The van der Waals surface area contributed by atoms with Crippen LogP contribution in [0.25, 0.3) is 0 Å². The second-order valence-electron chi connectivity index (χ2n) is 1.54. The van der Waals surface area contributed by atoms with Crippen molar-refractivity contribution in [3.05, 3.63) is 13.3 Å². The Morgan fingerprint density at radius 1 is 1.20 bits per heavy atom. The average Bonchev–Trinajstić information content (AvgIpc) is 1.62. The summed E-state index contributed by atoms with van der Waals surface area (Å²) in [4.78, 5) is 0. The van der Waals surface area contributed by atoms with Crippen LogP contribution >= 0.6 is 23.2 Å². The summed E-state index contributed by atoms with van der Waals surface area (Å²) >= 11 is 9.25. The third-order valence-corrected chi connectivity index (χ3v) is 1.17. The molecule has 2 radical (unpaired) electrons. The van der Waals surface area contributed by atoms with Crippen molar-refractivity contribution in [2.24, 2.45) is 0 Å². The highest BCUT2D eigenvalue weighted by molar-refractivity contribution is 6.49.